The van der Waals surface area contributed by atoms with Crippen LogP contribution in [0, 0.1) is 19.8 Å². The molecule has 0 saturated heterocycles. The first-order valence-electron chi connectivity index (χ1n) is 8.13. The fraction of sp³-hybridized carbons (Fsp3) is 0.474. The summed E-state index contributed by atoms with van der Waals surface area (Å²) in [7, 11) is 0. The molecule has 0 fully saturated rings. The Morgan fingerprint density at radius 1 is 1.14 bits per heavy atom. The van der Waals surface area contributed by atoms with Gasteiger partial charge in [-0.25, -0.2) is 4.98 Å². The normalized spacial score (nSPS) is 14.9. The molecule has 3 aromatic rings. The first-order valence-corrected chi connectivity index (χ1v) is 8.13. The summed E-state index contributed by atoms with van der Waals surface area (Å²) in [5, 5.41) is 1.23. The third-order valence-corrected chi connectivity index (χ3v) is 5.63. The van der Waals surface area contributed by atoms with Crippen LogP contribution in [0.15, 0.2) is 24.7 Å². The third-order valence-electron chi connectivity index (χ3n) is 5.63. The first kappa shape index (κ1) is 15.0. The lowest BCUT2D eigenvalue weighted by molar-refractivity contribution is 0.218. The molecule has 1 atom stereocenters. The summed E-state index contributed by atoms with van der Waals surface area (Å²) in [5.74, 6) is 0.523. The molecule has 0 spiro atoms. The van der Waals surface area contributed by atoms with Gasteiger partial charge < -0.3 is 4.57 Å². The molecule has 2 heterocycles. The van der Waals surface area contributed by atoms with E-state index in [2.05, 4.69) is 52.2 Å². The number of aryl methyl sites for hydroxylation is 2. The maximum Gasteiger partial charge on any atom is 0.0964 e. The molecule has 3 rings (SSSR count). The van der Waals surface area contributed by atoms with Crippen LogP contribution in [0.5, 0.6) is 0 Å². The fourth-order valence-electron chi connectivity index (χ4n) is 3.37. The van der Waals surface area contributed by atoms with Crippen LogP contribution in [-0.4, -0.2) is 14.5 Å². The van der Waals surface area contributed by atoms with Gasteiger partial charge in [0.05, 0.1) is 22.9 Å². The van der Waals surface area contributed by atoms with Gasteiger partial charge in [-0.1, -0.05) is 26.8 Å². The molecule has 3 heteroatoms. The summed E-state index contributed by atoms with van der Waals surface area (Å²) in [6, 6.07) is 4.18. The molecule has 116 valence electrons. The van der Waals surface area contributed by atoms with Gasteiger partial charge in [0.25, 0.3) is 0 Å². The Bertz CT molecular complexity index is 845. The zero-order valence-electron chi connectivity index (χ0n) is 14.4. The van der Waals surface area contributed by atoms with Crippen LogP contribution in [0.3, 0.4) is 0 Å². The number of imidazole rings is 1. The Kier molecular flexibility index (Phi) is 3.47. The number of nitrogens with zero attached hydrogens (tertiary/aromatic N) is 3. The fourth-order valence-corrected chi connectivity index (χ4v) is 3.37. The number of pyridine rings is 1. The summed E-state index contributed by atoms with van der Waals surface area (Å²) in [4.78, 5) is 9.44. The molecule has 1 aromatic carbocycles. The van der Waals surface area contributed by atoms with E-state index in [-0.39, 0.29) is 5.54 Å². The molecule has 1 unspecified atom stereocenters. The largest absolute Gasteiger partial charge is 0.323 e. The maximum absolute atomic E-state index is 4.75. The van der Waals surface area contributed by atoms with Crippen molar-refractivity contribution in [3.05, 3.63) is 35.8 Å². The molecular formula is C19H25N3. The van der Waals surface area contributed by atoms with Gasteiger partial charge in [-0.15, -0.1) is 0 Å². The van der Waals surface area contributed by atoms with E-state index in [0.29, 0.717) is 5.92 Å². The number of hydrogen-bond acceptors (Lipinski definition) is 2. The Labute approximate surface area is 132 Å². The minimum atomic E-state index is 0.0426. The summed E-state index contributed by atoms with van der Waals surface area (Å²) < 4.78 is 2.36. The van der Waals surface area contributed by atoms with E-state index < -0.39 is 0 Å². The minimum absolute atomic E-state index is 0.0426. The van der Waals surface area contributed by atoms with Crippen molar-refractivity contribution in [3.8, 4) is 0 Å². The van der Waals surface area contributed by atoms with E-state index in [4.69, 9.17) is 9.97 Å². The van der Waals surface area contributed by atoms with Crippen LogP contribution < -0.4 is 0 Å². The molecule has 3 nitrogen and oxygen atoms in total. The van der Waals surface area contributed by atoms with Gasteiger partial charge in [0.2, 0.25) is 0 Å². The molecule has 0 aliphatic carbocycles. The van der Waals surface area contributed by atoms with E-state index in [1.807, 2.05) is 18.6 Å². The van der Waals surface area contributed by atoms with E-state index >= 15 is 0 Å². The first-order chi connectivity index (χ1) is 10.4. The average molecular weight is 295 g/mol. The second kappa shape index (κ2) is 5.08. The number of aromatic nitrogens is 3. The van der Waals surface area contributed by atoms with Gasteiger partial charge in [-0.2, -0.15) is 0 Å². The molecule has 0 N–H and O–H groups in total. The molecular weight excluding hydrogens is 270 g/mol. The van der Waals surface area contributed by atoms with E-state index in [1.165, 1.54) is 22.0 Å². The number of rotatable bonds is 3. The number of benzene rings is 1. The van der Waals surface area contributed by atoms with Gasteiger partial charge >= 0.3 is 0 Å². The van der Waals surface area contributed by atoms with Crippen molar-refractivity contribution in [3.63, 3.8) is 0 Å². The van der Waals surface area contributed by atoms with Crippen molar-refractivity contribution in [2.45, 2.75) is 53.5 Å². The molecule has 2 aromatic heterocycles. The van der Waals surface area contributed by atoms with Crippen LogP contribution in [0.25, 0.3) is 21.9 Å². The molecule has 0 saturated carbocycles. The van der Waals surface area contributed by atoms with Crippen LogP contribution in [0.1, 0.15) is 45.2 Å². The Balaban J connectivity index is 2.50. The maximum atomic E-state index is 4.75. The molecule has 0 aliphatic heterocycles. The summed E-state index contributed by atoms with van der Waals surface area (Å²) in [6.07, 6.45) is 4.96. The minimum Gasteiger partial charge on any atom is -0.323 e. The summed E-state index contributed by atoms with van der Waals surface area (Å²) in [5.41, 5.74) is 5.92. The zero-order valence-corrected chi connectivity index (χ0v) is 14.4. The van der Waals surface area contributed by atoms with Crippen molar-refractivity contribution in [2.75, 3.05) is 0 Å². The Hall–Kier alpha value is -1.90. The molecule has 22 heavy (non-hydrogen) atoms. The average Bonchev–Trinajstić information content (AvgIpc) is 2.97. The van der Waals surface area contributed by atoms with Crippen LogP contribution in [0.2, 0.25) is 0 Å². The molecule has 0 radical (unpaired) electrons. The van der Waals surface area contributed by atoms with Gasteiger partial charge in [-0.05, 0) is 50.3 Å². The van der Waals surface area contributed by atoms with E-state index in [9.17, 15) is 0 Å². The lowest BCUT2D eigenvalue weighted by Gasteiger charge is -2.35. The second-order valence-corrected chi connectivity index (χ2v) is 6.83. The summed E-state index contributed by atoms with van der Waals surface area (Å²) >= 11 is 0. The van der Waals surface area contributed by atoms with Gasteiger partial charge in [0.15, 0.2) is 0 Å². The van der Waals surface area contributed by atoms with E-state index in [1.54, 1.807) is 0 Å². The van der Waals surface area contributed by atoms with Crippen molar-refractivity contribution in [1.29, 1.82) is 0 Å². The van der Waals surface area contributed by atoms with Gasteiger partial charge in [-0.3, -0.25) is 4.98 Å². The SMILES string of the molecule is CCC(C)(C(C)C)n1cnc2c(C)c(C)c3cccnc3c21. The monoisotopic (exact) mass is 295 g/mol. The highest BCUT2D eigenvalue weighted by Crippen LogP contribution is 2.37. The predicted octanol–water partition coefficient (Wildman–Crippen LogP) is 4.98. The smallest absolute Gasteiger partial charge is 0.0964 e. The number of fused-ring (bicyclic) bond motifs is 3. The third kappa shape index (κ3) is 1.88. The quantitative estimate of drug-likeness (QED) is 0.682. The van der Waals surface area contributed by atoms with Crippen molar-refractivity contribution in [2.24, 2.45) is 5.92 Å². The Morgan fingerprint density at radius 2 is 1.86 bits per heavy atom. The van der Waals surface area contributed by atoms with Crippen LogP contribution in [0.4, 0.5) is 0 Å². The lowest BCUT2D eigenvalue weighted by Crippen LogP contribution is -2.34. The zero-order chi connectivity index (χ0) is 16.1. The molecule has 0 amide bonds. The second-order valence-electron chi connectivity index (χ2n) is 6.83. The van der Waals surface area contributed by atoms with E-state index in [0.717, 1.165) is 17.5 Å². The molecule has 0 bridgehead atoms. The highest BCUT2D eigenvalue weighted by atomic mass is 15.1. The van der Waals surface area contributed by atoms with Crippen LogP contribution >= 0.6 is 0 Å². The summed E-state index contributed by atoms with van der Waals surface area (Å²) in [6.45, 7) is 13.5. The Morgan fingerprint density at radius 3 is 2.50 bits per heavy atom. The lowest BCUT2D eigenvalue weighted by atomic mass is 9.85. The highest BCUT2D eigenvalue weighted by molar-refractivity contribution is 6.05. The van der Waals surface area contributed by atoms with Crippen LogP contribution in [-0.2, 0) is 5.54 Å². The topological polar surface area (TPSA) is 30.7 Å². The van der Waals surface area contributed by atoms with Gasteiger partial charge in [0, 0.05) is 17.1 Å². The predicted molar refractivity (Wildman–Crippen MR) is 93.3 cm³/mol. The van der Waals surface area contributed by atoms with Crippen molar-refractivity contribution in [1.82, 2.24) is 14.5 Å². The molecule has 0 aliphatic rings. The van der Waals surface area contributed by atoms with Crippen molar-refractivity contribution >= 4 is 21.9 Å². The number of hydrogen-bond donors (Lipinski definition) is 0. The highest BCUT2D eigenvalue weighted by Gasteiger charge is 2.31. The van der Waals surface area contributed by atoms with Gasteiger partial charge in [0.1, 0.15) is 0 Å². The standard InChI is InChI=1S/C19H25N3/c1-7-19(6,12(2)3)22-11-21-16-14(5)13(4)15-9-8-10-20-17(15)18(16)22/h8-12H,7H2,1-6H3. The van der Waals surface area contributed by atoms with Crippen molar-refractivity contribution < 1.29 is 0 Å².